The number of allylic oxidation sites excluding steroid dienone is 1. The number of benzene rings is 2. The Labute approximate surface area is 322 Å². The topological polar surface area (TPSA) is 205 Å². The number of aromatic nitrogens is 4. The van der Waals surface area contributed by atoms with E-state index in [9.17, 15) is 19.5 Å². The number of aliphatic imine (C=N–C) groups is 1. The van der Waals surface area contributed by atoms with Crippen molar-refractivity contribution in [2.45, 2.75) is 33.1 Å². The highest BCUT2D eigenvalue weighted by molar-refractivity contribution is 6.11. The van der Waals surface area contributed by atoms with Crippen LogP contribution in [-0.2, 0) is 16.0 Å². The van der Waals surface area contributed by atoms with Crippen molar-refractivity contribution in [2.75, 3.05) is 47.7 Å². The summed E-state index contributed by atoms with van der Waals surface area (Å²) in [5.41, 5.74) is 5.88. The summed E-state index contributed by atoms with van der Waals surface area (Å²) in [5, 5.41) is 24.6. The van der Waals surface area contributed by atoms with Gasteiger partial charge < -0.3 is 30.7 Å². The molecule has 56 heavy (non-hydrogen) atoms. The van der Waals surface area contributed by atoms with Gasteiger partial charge in [-0.25, -0.2) is 20.3 Å². The molecular weight excluding hydrogens is 715 g/mol. The van der Waals surface area contributed by atoms with Gasteiger partial charge in [-0.15, -0.1) is 0 Å². The van der Waals surface area contributed by atoms with E-state index in [1.807, 2.05) is 44.2 Å². The number of nitrogens with one attached hydrogen (secondary N) is 3. The molecule has 5 aromatic rings. The van der Waals surface area contributed by atoms with Crippen LogP contribution in [0.15, 0.2) is 95.9 Å². The predicted molar refractivity (Wildman–Crippen MR) is 214 cm³/mol. The average molecular weight is 758 g/mol. The van der Waals surface area contributed by atoms with E-state index in [0.29, 0.717) is 52.1 Å². The summed E-state index contributed by atoms with van der Waals surface area (Å²) < 4.78 is 6.97. The molecule has 3 aromatic heterocycles. The van der Waals surface area contributed by atoms with E-state index in [-0.39, 0.29) is 30.2 Å². The summed E-state index contributed by atoms with van der Waals surface area (Å²) in [6, 6.07) is 13.0. The second-order valence-electron chi connectivity index (χ2n) is 13.9. The van der Waals surface area contributed by atoms with Crippen molar-refractivity contribution >= 4 is 63.2 Å². The highest BCUT2D eigenvalue weighted by Crippen LogP contribution is 2.38. The molecule has 16 nitrogen and oxygen atoms in total. The van der Waals surface area contributed by atoms with Gasteiger partial charge in [0.25, 0.3) is 11.8 Å². The normalized spacial score (nSPS) is 16.1. The molecular formula is C40H43N11O5. The number of rotatable bonds is 8. The zero-order valence-electron chi connectivity index (χ0n) is 31.3. The summed E-state index contributed by atoms with van der Waals surface area (Å²) in [6.45, 7) is 5.61. The largest absolute Gasteiger partial charge is 0.494 e. The van der Waals surface area contributed by atoms with Crippen LogP contribution in [0.3, 0.4) is 0 Å². The lowest BCUT2D eigenvalue weighted by Gasteiger charge is -2.34. The molecule has 0 bridgehead atoms. The molecule has 3 aliphatic heterocycles. The van der Waals surface area contributed by atoms with Gasteiger partial charge in [0.2, 0.25) is 5.91 Å². The molecule has 288 valence electrons. The maximum atomic E-state index is 13.0. The number of nitrogens with two attached hydrogens (primary N) is 1. The van der Waals surface area contributed by atoms with Crippen LogP contribution in [0, 0.1) is 11.8 Å². The zero-order valence-corrected chi connectivity index (χ0v) is 31.3. The smallest absolute Gasteiger partial charge is 0.261 e. The van der Waals surface area contributed by atoms with E-state index in [1.54, 1.807) is 60.8 Å². The van der Waals surface area contributed by atoms with Gasteiger partial charge in [0, 0.05) is 67.8 Å². The molecule has 0 atom stereocenters. The van der Waals surface area contributed by atoms with E-state index >= 15 is 0 Å². The van der Waals surface area contributed by atoms with Gasteiger partial charge in [-0.3, -0.25) is 24.4 Å². The first-order chi connectivity index (χ1) is 27.1. The summed E-state index contributed by atoms with van der Waals surface area (Å²) in [5.74, 6) is 6.49. The molecule has 3 amide bonds. The third-order valence-corrected chi connectivity index (χ3v) is 9.84. The van der Waals surface area contributed by atoms with Crippen molar-refractivity contribution in [3.63, 3.8) is 0 Å². The number of carbonyl (C=O) groups excluding carboxylic acids is 3. The number of carbonyl (C=O) groups is 3. The van der Waals surface area contributed by atoms with Gasteiger partial charge >= 0.3 is 0 Å². The van der Waals surface area contributed by atoms with Crippen molar-refractivity contribution in [1.29, 1.82) is 0 Å². The Bertz CT molecular complexity index is 2390. The van der Waals surface area contributed by atoms with Crippen molar-refractivity contribution in [2.24, 2.45) is 22.7 Å². The molecule has 6 heterocycles. The highest BCUT2D eigenvalue weighted by Gasteiger charge is 2.27. The van der Waals surface area contributed by atoms with Crippen LogP contribution < -0.4 is 31.4 Å². The van der Waals surface area contributed by atoms with Crippen LogP contribution in [0.2, 0.25) is 0 Å². The van der Waals surface area contributed by atoms with E-state index in [4.69, 9.17) is 10.6 Å². The fraction of sp³-hybridized carbons (Fsp3) is 0.275. The van der Waals surface area contributed by atoms with Crippen LogP contribution in [-0.4, -0.2) is 80.4 Å². The summed E-state index contributed by atoms with van der Waals surface area (Å²) >= 11 is 0. The SMILES string of the molecule is COc1cc2ncccc2cc1NC(=O)/C(=C1\N=CC=CN1N)C(C)C.O=C1Cc2cc(N3CCC(CO)CC3)c(NC(=O)c3cnn4cccnc34)cc2N1. The second kappa shape index (κ2) is 16.4. The number of nitrogens with zero attached hydrogens (tertiary/aromatic N) is 7. The molecule has 1 saturated heterocycles. The lowest BCUT2D eigenvalue weighted by atomic mass is 9.97. The van der Waals surface area contributed by atoms with Crippen LogP contribution >= 0.6 is 0 Å². The number of methoxy groups -OCH3 is 1. The van der Waals surface area contributed by atoms with Crippen molar-refractivity contribution < 1.29 is 24.2 Å². The maximum Gasteiger partial charge on any atom is 0.261 e. The quantitative estimate of drug-likeness (QED) is 0.110. The number of aliphatic hydroxyl groups excluding tert-OH is 1. The molecule has 3 aliphatic rings. The van der Waals surface area contributed by atoms with Gasteiger partial charge in [-0.1, -0.05) is 19.9 Å². The minimum absolute atomic E-state index is 0.0507. The third-order valence-electron chi connectivity index (χ3n) is 9.84. The number of anilines is 4. The summed E-state index contributed by atoms with van der Waals surface area (Å²) in [4.78, 5) is 52.9. The monoisotopic (exact) mass is 757 g/mol. The number of piperidine rings is 1. The molecule has 8 rings (SSSR count). The van der Waals surface area contributed by atoms with Crippen molar-refractivity contribution in [1.82, 2.24) is 24.6 Å². The van der Waals surface area contributed by atoms with Crippen molar-refractivity contribution in [3.8, 4) is 5.75 Å². The number of pyridine rings is 1. The summed E-state index contributed by atoms with van der Waals surface area (Å²) in [6.07, 6.45) is 13.6. The van der Waals surface area contributed by atoms with Gasteiger partial charge in [-0.05, 0) is 66.6 Å². The molecule has 0 spiro atoms. The predicted octanol–water partition coefficient (Wildman–Crippen LogP) is 4.51. The number of ether oxygens (including phenoxy) is 1. The first kappa shape index (κ1) is 37.7. The van der Waals surface area contributed by atoms with Crippen LogP contribution in [0.25, 0.3) is 16.6 Å². The van der Waals surface area contributed by atoms with E-state index in [1.165, 1.54) is 11.2 Å². The van der Waals surface area contributed by atoms with Gasteiger partial charge in [0.05, 0.1) is 47.9 Å². The molecule has 0 radical (unpaired) electrons. The molecule has 0 aliphatic carbocycles. The van der Waals surface area contributed by atoms with E-state index < -0.39 is 0 Å². The Morgan fingerprint density at radius 3 is 2.62 bits per heavy atom. The summed E-state index contributed by atoms with van der Waals surface area (Å²) in [7, 11) is 1.55. The number of fused-ring (bicyclic) bond motifs is 3. The molecule has 2 aromatic carbocycles. The third kappa shape index (κ3) is 7.92. The fourth-order valence-corrected chi connectivity index (χ4v) is 6.93. The number of hydrazine groups is 1. The standard InChI is InChI=1S/C21H22N6O3.C19H21N5O2/c28-12-13-2-6-26(7-3-13)18-8-14-9-19(29)24-16(14)10-17(18)25-21(30)15-11-23-27-5-1-4-22-20(15)27;1-12(2)17(18-22-8-5-9-24(18)20)19(25)23-15-10-13-6-4-7-21-14(13)11-16(15)26-3/h1,4-5,8,10-11,13,28H,2-3,6-7,9,12H2,(H,24,29)(H,25,30);4-12H,20H2,1-3H3,(H,23,25)/b;18-17+. The zero-order chi connectivity index (χ0) is 39.3. The Balaban J connectivity index is 0.000000174. The Kier molecular flexibility index (Phi) is 11.0. The van der Waals surface area contributed by atoms with E-state index in [0.717, 1.165) is 53.8 Å². The molecule has 0 unspecified atom stereocenters. The number of aliphatic hydroxyl groups is 1. The minimum atomic E-state index is -0.306. The first-order valence-corrected chi connectivity index (χ1v) is 18.3. The fourth-order valence-electron chi connectivity index (χ4n) is 6.93. The number of hydrogen-bond donors (Lipinski definition) is 5. The maximum absolute atomic E-state index is 13.0. The lowest BCUT2D eigenvalue weighted by Crippen LogP contribution is -2.35. The Morgan fingerprint density at radius 1 is 1.07 bits per heavy atom. The van der Waals surface area contributed by atoms with Crippen LogP contribution in [0.1, 0.15) is 42.6 Å². The second-order valence-corrected chi connectivity index (χ2v) is 13.9. The Hall–Kier alpha value is -6.65. The average Bonchev–Trinajstić information content (AvgIpc) is 3.81. The molecule has 0 saturated carbocycles. The molecule has 16 heteroatoms. The number of amides is 3. The first-order valence-electron chi connectivity index (χ1n) is 18.3. The van der Waals surface area contributed by atoms with Gasteiger partial charge in [0.15, 0.2) is 11.5 Å². The van der Waals surface area contributed by atoms with Crippen LogP contribution in [0.4, 0.5) is 22.7 Å². The molecule has 1 fully saturated rings. The van der Waals surface area contributed by atoms with Gasteiger partial charge in [-0.2, -0.15) is 5.10 Å². The van der Waals surface area contributed by atoms with Crippen LogP contribution in [0.5, 0.6) is 5.75 Å². The van der Waals surface area contributed by atoms with E-state index in [2.05, 4.69) is 40.9 Å². The van der Waals surface area contributed by atoms with Gasteiger partial charge in [0.1, 0.15) is 11.3 Å². The molecule has 6 N–H and O–H groups in total. The minimum Gasteiger partial charge on any atom is -0.494 e. The highest BCUT2D eigenvalue weighted by atomic mass is 16.5. The van der Waals surface area contributed by atoms with Crippen molar-refractivity contribution in [3.05, 3.63) is 102 Å². The number of hydrogen-bond acceptors (Lipinski definition) is 12. The Morgan fingerprint density at radius 2 is 1.88 bits per heavy atom. The lowest BCUT2D eigenvalue weighted by molar-refractivity contribution is -0.115.